The van der Waals surface area contributed by atoms with Gasteiger partial charge in [-0.25, -0.2) is 0 Å². The molecule has 1 aliphatic carbocycles. The first kappa shape index (κ1) is 14.3. The zero-order valence-electron chi connectivity index (χ0n) is 12.7. The molecule has 1 aliphatic rings. The van der Waals surface area contributed by atoms with Crippen LogP contribution in [0.3, 0.4) is 0 Å². The summed E-state index contributed by atoms with van der Waals surface area (Å²) in [4.78, 5) is 14.7. The SMILES string of the molecule is CC(NCC1CCCCC1)c1c[nH]c(=O)c2ccccc12. The lowest BCUT2D eigenvalue weighted by Crippen LogP contribution is -2.27. The number of nitrogens with one attached hydrogen (secondary N) is 2. The van der Waals surface area contributed by atoms with Crippen LogP contribution in [0.2, 0.25) is 0 Å². The van der Waals surface area contributed by atoms with E-state index in [2.05, 4.69) is 17.2 Å². The Kier molecular flexibility index (Phi) is 4.39. The van der Waals surface area contributed by atoms with Gasteiger partial charge >= 0.3 is 0 Å². The van der Waals surface area contributed by atoms with Crippen molar-refractivity contribution in [2.45, 2.75) is 45.1 Å². The van der Waals surface area contributed by atoms with E-state index in [1.54, 1.807) is 0 Å². The molecule has 1 heterocycles. The molecule has 2 aromatic rings. The van der Waals surface area contributed by atoms with Crippen LogP contribution < -0.4 is 10.9 Å². The van der Waals surface area contributed by atoms with Crippen molar-refractivity contribution < 1.29 is 0 Å². The third-order valence-electron chi connectivity index (χ3n) is 4.75. The van der Waals surface area contributed by atoms with Gasteiger partial charge in [-0.2, -0.15) is 0 Å². The highest BCUT2D eigenvalue weighted by molar-refractivity contribution is 5.84. The maximum absolute atomic E-state index is 11.9. The smallest absolute Gasteiger partial charge is 0.255 e. The van der Waals surface area contributed by atoms with Crippen LogP contribution in [0.25, 0.3) is 10.8 Å². The molecule has 0 radical (unpaired) electrons. The van der Waals surface area contributed by atoms with E-state index < -0.39 is 0 Å². The predicted octanol–water partition coefficient (Wildman–Crippen LogP) is 3.76. The summed E-state index contributed by atoms with van der Waals surface area (Å²) in [5.74, 6) is 0.815. The van der Waals surface area contributed by atoms with Gasteiger partial charge < -0.3 is 10.3 Å². The first-order valence-corrected chi connectivity index (χ1v) is 8.09. The number of rotatable bonds is 4. The maximum Gasteiger partial charge on any atom is 0.255 e. The number of pyridine rings is 1. The topological polar surface area (TPSA) is 44.9 Å². The summed E-state index contributed by atoms with van der Waals surface area (Å²) < 4.78 is 0. The van der Waals surface area contributed by atoms with E-state index in [4.69, 9.17) is 0 Å². The molecule has 21 heavy (non-hydrogen) atoms. The lowest BCUT2D eigenvalue weighted by Gasteiger charge is -2.24. The molecule has 0 bridgehead atoms. The molecule has 112 valence electrons. The fraction of sp³-hybridized carbons (Fsp3) is 0.500. The van der Waals surface area contributed by atoms with Gasteiger partial charge in [0, 0.05) is 17.6 Å². The summed E-state index contributed by atoms with van der Waals surface area (Å²) in [6, 6.07) is 8.11. The maximum atomic E-state index is 11.9. The molecule has 3 heteroatoms. The van der Waals surface area contributed by atoms with Crippen molar-refractivity contribution >= 4 is 10.8 Å². The molecule has 0 aliphatic heterocycles. The van der Waals surface area contributed by atoms with E-state index in [-0.39, 0.29) is 11.6 Å². The van der Waals surface area contributed by atoms with E-state index in [1.807, 2.05) is 30.5 Å². The van der Waals surface area contributed by atoms with Crippen LogP contribution in [0.1, 0.15) is 50.6 Å². The molecule has 1 aromatic carbocycles. The van der Waals surface area contributed by atoms with Gasteiger partial charge in [0.2, 0.25) is 0 Å². The van der Waals surface area contributed by atoms with E-state index >= 15 is 0 Å². The molecule has 1 aromatic heterocycles. The number of aromatic amines is 1. The Balaban J connectivity index is 1.76. The number of benzene rings is 1. The van der Waals surface area contributed by atoms with Crippen molar-refractivity contribution in [3.63, 3.8) is 0 Å². The van der Waals surface area contributed by atoms with Gasteiger partial charge in [0.25, 0.3) is 5.56 Å². The molecule has 0 saturated heterocycles. The quantitative estimate of drug-likeness (QED) is 0.898. The lowest BCUT2D eigenvalue weighted by molar-refractivity contribution is 0.332. The minimum Gasteiger partial charge on any atom is -0.328 e. The Hall–Kier alpha value is -1.61. The second-order valence-electron chi connectivity index (χ2n) is 6.25. The molecule has 3 rings (SSSR count). The van der Waals surface area contributed by atoms with Crippen LogP contribution in [0.15, 0.2) is 35.3 Å². The van der Waals surface area contributed by atoms with Gasteiger partial charge in [-0.15, -0.1) is 0 Å². The molecule has 0 spiro atoms. The summed E-state index contributed by atoms with van der Waals surface area (Å²) >= 11 is 0. The summed E-state index contributed by atoms with van der Waals surface area (Å²) in [5.41, 5.74) is 1.18. The molecule has 1 fully saturated rings. The number of hydrogen-bond acceptors (Lipinski definition) is 2. The van der Waals surface area contributed by atoms with Gasteiger partial charge in [0.15, 0.2) is 0 Å². The fourth-order valence-electron chi connectivity index (χ4n) is 3.43. The normalized spacial score (nSPS) is 18.0. The minimum atomic E-state index is -0.00571. The molecule has 1 saturated carbocycles. The van der Waals surface area contributed by atoms with Crippen LogP contribution in [0.4, 0.5) is 0 Å². The molecular weight excluding hydrogens is 260 g/mol. The van der Waals surface area contributed by atoms with Crippen LogP contribution in [-0.4, -0.2) is 11.5 Å². The molecule has 2 N–H and O–H groups in total. The summed E-state index contributed by atoms with van der Waals surface area (Å²) in [7, 11) is 0. The lowest BCUT2D eigenvalue weighted by atomic mass is 9.89. The van der Waals surface area contributed by atoms with Gasteiger partial charge in [-0.1, -0.05) is 37.5 Å². The number of fused-ring (bicyclic) bond motifs is 1. The van der Waals surface area contributed by atoms with Gasteiger partial charge in [0.05, 0.1) is 0 Å². The number of H-pyrrole nitrogens is 1. The average molecular weight is 284 g/mol. The molecular formula is C18H24N2O. The Morgan fingerprint density at radius 2 is 1.90 bits per heavy atom. The van der Waals surface area contributed by atoms with E-state index in [0.29, 0.717) is 0 Å². The van der Waals surface area contributed by atoms with E-state index in [1.165, 1.54) is 37.7 Å². The third kappa shape index (κ3) is 3.18. The standard InChI is InChI=1S/C18H24N2O/c1-13(19-11-14-7-3-2-4-8-14)17-12-20-18(21)16-10-6-5-9-15(16)17/h5-6,9-10,12-14,19H,2-4,7-8,11H2,1H3,(H,20,21). The van der Waals surface area contributed by atoms with E-state index in [0.717, 1.165) is 23.2 Å². The van der Waals surface area contributed by atoms with E-state index in [9.17, 15) is 4.79 Å². The Labute approximate surface area is 125 Å². The molecule has 1 atom stereocenters. The van der Waals surface area contributed by atoms with Crippen molar-refractivity contribution in [2.75, 3.05) is 6.54 Å². The summed E-state index contributed by atoms with van der Waals surface area (Å²) in [6.45, 7) is 3.26. The first-order valence-electron chi connectivity index (χ1n) is 8.09. The average Bonchev–Trinajstić information content (AvgIpc) is 2.54. The number of aromatic nitrogens is 1. The van der Waals surface area contributed by atoms with Crippen LogP contribution in [0.5, 0.6) is 0 Å². The number of hydrogen-bond donors (Lipinski definition) is 2. The van der Waals surface area contributed by atoms with Crippen molar-refractivity contribution in [1.82, 2.24) is 10.3 Å². The third-order valence-corrected chi connectivity index (χ3v) is 4.75. The largest absolute Gasteiger partial charge is 0.328 e. The predicted molar refractivity (Wildman–Crippen MR) is 87.6 cm³/mol. The summed E-state index contributed by atoms with van der Waals surface area (Å²) in [5, 5.41) is 5.50. The highest BCUT2D eigenvalue weighted by Gasteiger charge is 2.16. The minimum absolute atomic E-state index is 0.00571. The van der Waals surface area contributed by atoms with Crippen LogP contribution in [-0.2, 0) is 0 Å². The van der Waals surface area contributed by atoms with Gasteiger partial charge in [0.1, 0.15) is 0 Å². The Morgan fingerprint density at radius 3 is 2.67 bits per heavy atom. The highest BCUT2D eigenvalue weighted by atomic mass is 16.1. The highest BCUT2D eigenvalue weighted by Crippen LogP contribution is 2.25. The van der Waals surface area contributed by atoms with Crippen molar-refractivity contribution in [3.8, 4) is 0 Å². The second-order valence-corrected chi connectivity index (χ2v) is 6.25. The van der Waals surface area contributed by atoms with Crippen LogP contribution in [0, 0.1) is 5.92 Å². The molecule has 0 amide bonds. The zero-order valence-corrected chi connectivity index (χ0v) is 12.7. The second kappa shape index (κ2) is 6.44. The summed E-state index contributed by atoms with van der Waals surface area (Å²) in [6.07, 6.45) is 8.72. The van der Waals surface area contributed by atoms with Crippen LogP contribution >= 0.6 is 0 Å². The fourth-order valence-corrected chi connectivity index (χ4v) is 3.43. The monoisotopic (exact) mass is 284 g/mol. The van der Waals surface area contributed by atoms with Gasteiger partial charge in [-0.05, 0) is 49.2 Å². The van der Waals surface area contributed by atoms with Gasteiger partial charge in [-0.3, -0.25) is 4.79 Å². The first-order chi connectivity index (χ1) is 10.3. The van der Waals surface area contributed by atoms with Crippen molar-refractivity contribution in [2.24, 2.45) is 5.92 Å². The molecule has 3 nitrogen and oxygen atoms in total. The van der Waals surface area contributed by atoms with Crippen molar-refractivity contribution in [1.29, 1.82) is 0 Å². The Bertz CT molecular complexity index is 656. The zero-order chi connectivity index (χ0) is 14.7. The molecule has 1 unspecified atom stereocenters. The van der Waals surface area contributed by atoms with Crippen molar-refractivity contribution in [3.05, 3.63) is 46.4 Å². The Morgan fingerprint density at radius 1 is 1.19 bits per heavy atom.